The van der Waals surface area contributed by atoms with Gasteiger partial charge in [0.2, 0.25) is 5.91 Å². The third-order valence-electron chi connectivity index (χ3n) is 3.06. The van der Waals surface area contributed by atoms with Crippen molar-refractivity contribution in [2.45, 2.75) is 31.4 Å². The van der Waals surface area contributed by atoms with E-state index in [1.54, 1.807) is 4.90 Å². The van der Waals surface area contributed by atoms with Crippen LogP contribution in [-0.4, -0.2) is 46.7 Å². The molecule has 2 fully saturated rings. The monoisotopic (exact) mass is 199 g/mol. The van der Waals surface area contributed by atoms with E-state index in [4.69, 9.17) is 9.84 Å². The van der Waals surface area contributed by atoms with Crippen LogP contribution in [-0.2, 0) is 14.3 Å². The van der Waals surface area contributed by atoms with Crippen molar-refractivity contribution in [2.24, 2.45) is 0 Å². The van der Waals surface area contributed by atoms with E-state index >= 15 is 0 Å². The van der Waals surface area contributed by atoms with Gasteiger partial charge in [-0.15, -0.1) is 0 Å². The molecule has 0 aromatic carbocycles. The zero-order chi connectivity index (χ0) is 10.3. The smallest absolute Gasteiger partial charge is 0.337 e. The highest BCUT2D eigenvalue weighted by atomic mass is 16.5. The van der Waals surface area contributed by atoms with Gasteiger partial charge in [0.1, 0.15) is 0 Å². The fourth-order valence-corrected chi connectivity index (χ4v) is 2.30. The first-order valence-corrected chi connectivity index (χ1v) is 4.70. The molecule has 2 bridgehead atoms. The van der Waals surface area contributed by atoms with Crippen LogP contribution in [0.5, 0.6) is 0 Å². The molecule has 2 atom stereocenters. The quantitative estimate of drug-likeness (QED) is 0.637. The van der Waals surface area contributed by atoms with Crippen molar-refractivity contribution in [1.29, 1.82) is 0 Å². The lowest BCUT2D eigenvalue weighted by Gasteiger charge is -2.27. The summed E-state index contributed by atoms with van der Waals surface area (Å²) in [4.78, 5) is 23.9. The molecular formula is C9H13NO4. The lowest BCUT2D eigenvalue weighted by molar-refractivity contribution is -0.166. The maximum Gasteiger partial charge on any atom is 0.337 e. The molecule has 0 aromatic rings. The number of rotatable bonds is 1. The summed E-state index contributed by atoms with van der Waals surface area (Å²) >= 11 is 0. The van der Waals surface area contributed by atoms with Crippen LogP contribution in [0.4, 0.5) is 0 Å². The van der Waals surface area contributed by atoms with E-state index < -0.39 is 11.6 Å². The van der Waals surface area contributed by atoms with Gasteiger partial charge in [-0.1, -0.05) is 0 Å². The van der Waals surface area contributed by atoms with Crippen LogP contribution in [0.25, 0.3) is 0 Å². The van der Waals surface area contributed by atoms with Crippen LogP contribution >= 0.6 is 0 Å². The maximum atomic E-state index is 11.2. The summed E-state index contributed by atoms with van der Waals surface area (Å²) in [5.41, 5.74) is -1.13. The molecule has 2 unspecified atom stereocenters. The van der Waals surface area contributed by atoms with Crippen LogP contribution in [0.15, 0.2) is 0 Å². The second kappa shape index (κ2) is 2.95. The molecule has 14 heavy (non-hydrogen) atoms. The van der Waals surface area contributed by atoms with Gasteiger partial charge in [-0.3, -0.25) is 4.79 Å². The second-order valence-electron chi connectivity index (χ2n) is 3.94. The van der Waals surface area contributed by atoms with E-state index in [-0.39, 0.29) is 18.5 Å². The number of likely N-dealkylation sites (tertiary alicyclic amines) is 1. The van der Waals surface area contributed by atoms with Gasteiger partial charge in [-0.25, -0.2) is 4.79 Å². The van der Waals surface area contributed by atoms with Gasteiger partial charge in [-0.05, 0) is 6.42 Å². The van der Waals surface area contributed by atoms with Crippen molar-refractivity contribution in [3.63, 3.8) is 0 Å². The lowest BCUT2D eigenvalue weighted by atomic mass is 9.96. The Morgan fingerprint density at radius 2 is 2.29 bits per heavy atom. The Labute approximate surface area is 81.6 Å². The highest BCUT2D eigenvalue weighted by Gasteiger charge is 2.53. The molecule has 5 nitrogen and oxygen atoms in total. The van der Waals surface area contributed by atoms with Crippen LogP contribution in [0, 0.1) is 0 Å². The molecule has 2 aliphatic heterocycles. The molecule has 2 aliphatic rings. The van der Waals surface area contributed by atoms with Gasteiger partial charge in [-0.2, -0.15) is 0 Å². The highest BCUT2D eigenvalue weighted by molar-refractivity contribution is 5.82. The standard InChI is InChI=1S/C9H13NO4/c1-6(11)10-5-9(8(12)13)4-7(10)2-3-14-9/h7H,2-5H2,1H3,(H,12,13). The summed E-state index contributed by atoms with van der Waals surface area (Å²) in [5.74, 6) is -1.02. The fourth-order valence-electron chi connectivity index (χ4n) is 2.30. The first kappa shape index (κ1) is 9.45. The largest absolute Gasteiger partial charge is 0.479 e. The third-order valence-corrected chi connectivity index (χ3v) is 3.06. The minimum absolute atomic E-state index is 0.0531. The zero-order valence-corrected chi connectivity index (χ0v) is 8.02. The van der Waals surface area contributed by atoms with Gasteiger partial charge in [0, 0.05) is 19.4 Å². The Kier molecular flexibility index (Phi) is 1.99. The zero-order valence-electron chi connectivity index (χ0n) is 8.02. The van der Waals surface area contributed by atoms with E-state index in [9.17, 15) is 9.59 Å². The van der Waals surface area contributed by atoms with Crippen molar-refractivity contribution in [3.05, 3.63) is 0 Å². The normalized spacial score (nSPS) is 35.8. The average Bonchev–Trinajstić information content (AvgIpc) is 2.39. The van der Waals surface area contributed by atoms with Crippen molar-refractivity contribution in [2.75, 3.05) is 13.2 Å². The first-order valence-electron chi connectivity index (χ1n) is 4.70. The molecule has 5 heteroatoms. The van der Waals surface area contributed by atoms with Crippen molar-refractivity contribution >= 4 is 11.9 Å². The molecule has 2 heterocycles. The summed E-state index contributed by atoms with van der Waals surface area (Å²) in [6.45, 7) is 2.10. The van der Waals surface area contributed by atoms with E-state index in [1.807, 2.05) is 0 Å². The number of carbonyl (C=O) groups is 2. The number of hydrogen-bond donors (Lipinski definition) is 1. The summed E-state index contributed by atoms with van der Waals surface area (Å²) in [5, 5.41) is 9.05. The Morgan fingerprint density at radius 1 is 1.57 bits per heavy atom. The Balaban J connectivity index is 2.25. The van der Waals surface area contributed by atoms with E-state index in [1.165, 1.54) is 6.92 Å². The van der Waals surface area contributed by atoms with Gasteiger partial charge in [0.15, 0.2) is 5.60 Å². The minimum atomic E-state index is -1.13. The molecular weight excluding hydrogens is 186 g/mol. The molecule has 2 rings (SSSR count). The van der Waals surface area contributed by atoms with Crippen LogP contribution < -0.4 is 0 Å². The van der Waals surface area contributed by atoms with Crippen LogP contribution in [0.1, 0.15) is 19.8 Å². The van der Waals surface area contributed by atoms with Crippen LogP contribution in [0.2, 0.25) is 0 Å². The van der Waals surface area contributed by atoms with Gasteiger partial charge in [0.05, 0.1) is 13.2 Å². The predicted molar refractivity (Wildman–Crippen MR) is 46.7 cm³/mol. The number of fused-ring (bicyclic) bond motifs is 2. The maximum absolute atomic E-state index is 11.2. The molecule has 0 aliphatic carbocycles. The van der Waals surface area contributed by atoms with E-state index in [0.717, 1.165) is 6.42 Å². The van der Waals surface area contributed by atoms with Crippen LogP contribution in [0.3, 0.4) is 0 Å². The Morgan fingerprint density at radius 3 is 2.79 bits per heavy atom. The molecule has 0 aromatic heterocycles. The minimum Gasteiger partial charge on any atom is -0.479 e. The molecule has 0 spiro atoms. The molecule has 0 saturated carbocycles. The van der Waals surface area contributed by atoms with Crippen molar-refractivity contribution < 1.29 is 19.4 Å². The molecule has 2 saturated heterocycles. The number of aliphatic carboxylic acids is 1. The first-order chi connectivity index (χ1) is 6.55. The van der Waals surface area contributed by atoms with Gasteiger partial charge < -0.3 is 14.7 Å². The summed E-state index contributed by atoms with van der Waals surface area (Å²) < 4.78 is 5.30. The number of hydrogen-bond acceptors (Lipinski definition) is 3. The fraction of sp³-hybridized carbons (Fsp3) is 0.778. The summed E-state index contributed by atoms with van der Waals surface area (Å²) in [7, 11) is 0. The molecule has 1 N–H and O–H groups in total. The predicted octanol–water partition coefficient (Wildman–Crippen LogP) is -0.149. The molecule has 0 radical (unpaired) electrons. The number of amides is 1. The molecule has 78 valence electrons. The number of carbonyl (C=O) groups excluding carboxylic acids is 1. The summed E-state index contributed by atoms with van der Waals surface area (Å²) in [6, 6.07) is 0.0531. The topological polar surface area (TPSA) is 66.8 Å². The Bertz CT molecular complexity index is 291. The number of ether oxygens (including phenoxy) is 1. The number of carboxylic acids is 1. The van der Waals surface area contributed by atoms with Crippen molar-refractivity contribution in [1.82, 2.24) is 4.90 Å². The molecule has 1 amide bonds. The summed E-state index contributed by atoms with van der Waals surface area (Å²) in [6.07, 6.45) is 1.18. The lowest BCUT2D eigenvalue weighted by Crippen LogP contribution is -2.45. The average molecular weight is 199 g/mol. The number of carboxylic acid groups (broad SMARTS) is 1. The van der Waals surface area contributed by atoms with Gasteiger partial charge in [0.25, 0.3) is 0 Å². The highest BCUT2D eigenvalue weighted by Crippen LogP contribution is 2.36. The van der Waals surface area contributed by atoms with Crippen molar-refractivity contribution in [3.8, 4) is 0 Å². The van der Waals surface area contributed by atoms with E-state index in [2.05, 4.69) is 0 Å². The van der Waals surface area contributed by atoms with E-state index in [0.29, 0.717) is 13.0 Å². The number of nitrogens with zero attached hydrogens (tertiary/aromatic N) is 1. The second-order valence-corrected chi connectivity index (χ2v) is 3.94. The SMILES string of the molecule is CC(=O)N1CC2(C(=O)O)CC1CCO2. The Hall–Kier alpha value is -1.10. The van der Waals surface area contributed by atoms with Gasteiger partial charge >= 0.3 is 5.97 Å². The third kappa shape index (κ3) is 1.19.